The number of hydrogen-bond acceptors (Lipinski definition) is 4. The predicted molar refractivity (Wildman–Crippen MR) is 65.2 cm³/mol. The molecule has 1 saturated carbocycles. The van der Waals surface area contributed by atoms with Crippen LogP contribution in [-0.4, -0.2) is 18.1 Å². The summed E-state index contributed by atoms with van der Waals surface area (Å²) in [6.45, 7) is 0. The first kappa shape index (κ1) is 12.1. The van der Waals surface area contributed by atoms with Gasteiger partial charge < -0.3 is 10.6 Å². The molecule has 0 saturated heterocycles. The lowest BCUT2D eigenvalue weighted by atomic mass is 9.92. The van der Waals surface area contributed by atoms with Crippen molar-refractivity contribution in [1.82, 2.24) is 5.48 Å². The fourth-order valence-electron chi connectivity index (χ4n) is 2.10. The molecule has 0 aromatic heterocycles. The molecule has 4 heteroatoms. The fraction of sp³-hybridized carbons (Fsp3) is 0.462. The molecule has 4 nitrogen and oxygen atoms in total. The summed E-state index contributed by atoms with van der Waals surface area (Å²) in [7, 11) is 0. The Bertz CT molecular complexity index is 367. The number of hydrogen-bond donors (Lipinski definition) is 2. The van der Waals surface area contributed by atoms with Gasteiger partial charge in [-0.1, -0.05) is 24.6 Å². The zero-order chi connectivity index (χ0) is 12.1. The van der Waals surface area contributed by atoms with Crippen LogP contribution in [0.25, 0.3) is 0 Å². The van der Waals surface area contributed by atoms with Crippen molar-refractivity contribution in [3.8, 4) is 0 Å². The van der Waals surface area contributed by atoms with Crippen LogP contribution >= 0.6 is 0 Å². The fourth-order valence-corrected chi connectivity index (χ4v) is 2.10. The van der Waals surface area contributed by atoms with Gasteiger partial charge in [-0.25, -0.2) is 4.79 Å². The molecular weight excluding hydrogens is 216 g/mol. The zero-order valence-electron chi connectivity index (χ0n) is 9.76. The molecule has 1 aliphatic rings. The van der Waals surface area contributed by atoms with Crippen LogP contribution in [0, 0.1) is 0 Å². The lowest BCUT2D eigenvalue weighted by molar-refractivity contribution is 0.0104. The van der Waals surface area contributed by atoms with Crippen molar-refractivity contribution in [3.05, 3.63) is 35.9 Å². The molecule has 2 atom stereocenters. The highest BCUT2D eigenvalue weighted by Gasteiger charge is 2.20. The van der Waals surface area contributed by atoms with Crippen molar-refractivity contribution < 1.29 is 9.63 Å². The van der Waals surface area contributed by atoms with Gasteiger partial charge in [0.25, 0.3) is 0 Å². The lowest BCUT2D eigenvalue weighted by Gasteiger charge is -2.26. The minimum atomic E-state index is -0.343. The van der Waals surface area contributed by atoms with E-state index in [1.807, 2.05) is 18.2 Å². The maximum Gasteiger partial charge on any atom is 0.356 e. The summed E-state index contributed by atoms with van der Waals surface area (Å²) in [6, 6.07) is 9.36. The monoisotopic (exact) mass is 234 g/mol. The molecule has 1 aromatic rings. The highest BCUT2D eigenvalue weighted by Crippen LogP contribution is 2.16. The molecule has 3 N–H and O–H groups in total. The molecule has 0 aliphatic heterocycles. The summed E-state index contributed by atoms with van der Waals surface area (Å²) >= 11 is 0. The van der Waals surface area contributed by atoms with Crippen molar-refractivity contribution in [1.29, 1.82) is 0 Å². The maximum absolute atomic E-state index is 11.7. The summed E-state index contributed by atoms with van der Waals surface area (Å²) in [5.41, 5.74) is 9.24. The summed E-state index contributed by atoms with van der Waals surface area (Å²) < 4.78 is 0. The van der Waals surface area contributed by atoms with Gasteiger partial charge in [0.1, 0.15) is 0 Å². The van der Waals surface area contributed by atoms with E-state index in [1.54, 1.807) is 12.1 Å². The molecule has 1 aromatic carbocycles. The lowest BCUT2D eigenvalue weighted by Crippen LogP contribution is -2.40. The number of nitrogens with one attached hydrogen (secondary N) is 1. The highest BCUT2D eigenvalue weighted by atomic mass is 16.7. The van der Waals surface area contributed by atoms with Gasteiger partial charge in [0, 0.05) is 12.1 Å². The van der Waals surface area contributed by atoms with Gasteiger partial charge in [-0.15, -0.1) is 5.48 Å². The smallest absolute Gasteiger partial charge is 0.356 e. The van der Waals surface area contributed by atoms with E-state index in [9.17, 15) is 4.79 Å². The SMILES string of the molecule is N[C@H]1CCC[C@@H](NOC(=O)c2ccccc2)C1. The number of benzene rings is 1. The first-order valence-corrected chi connectivity index (χ1v) is 6.03. The van der Waals surface area contributed by atoms with Gasteiger partial charge in [0.05, 0.1) is 5.56 Å². The van der Waals surface area contributed by atoms with Crippen LogP contribution in [0.1, 0.15) is 36.0 Å². The second-order valence-electron chi connectivity index (χ2n) is 4.50. The Morgan fingerprint density at radius 3 is 2.76 bits per heavy atom. The number of carbonyl (C=O) groups excluding carboxylic acids is 1. The largest absolute Gasteiger partial charge is 0.366 e. The Labute approximate surface area is 101 Å². The van der Waals surface area contributed by atoms with Crippen LogP contribution in [-0.2, 0) is 4.84 Å². The average Bonchev–Trinajstić information content (AvgIpc) is 2.37. The number of carbonyl (C=O) groups is 1. The minimum absolute atomic E-state index is 0.186. The van der Waals surface area contributed by atoms with E-state index in [-0.39, 0.29) is 18.1 Å². The number of rotatable bonds is 3. The molecule has 0 heterocycles. The Balaban J connectivity index is 1.80. The molecule has 2 rings (SSSR count). The number of hydroxylamine groups is 1. The molecule has 0 unspecified atom stereocenters. The van der Waals surface area contributed by atoms with Gasteiger partial charge in [-0.3, -0.25) is 0 Å². The van der Waals surface area contributed by atoms with E-state index >= 15 is 0 Å². The van der Waals surface area contributed by atoms with E-state index in [1.165, 1.54) is 0 Å². The molecule has 0 spiro atoms. The maximum atomic E-state index is 11.7. The van der Waals surface area contributed by atoms with Gasteiger partial charge in [-0.2, -0.15) is 0 Å². The Hall–Kier alpha value is -1.39. The molecule has 0 radical (unpaired) electrons. The van der Waals surface area contributed by atoms with Crippen LogP contribution in [0.15, 0.2) is 30.3 Å². The molecule has 1 fully saturated rings. The number of nitrogens with two attached hydrogens (primary N) is 1. The minimum Gasteiger partial charge on any atom is -0.366 e. The van der Waals surface area contributed by atoms with Crippen LogP contribution in [0.4, 0.5) is 0 Å². The van der Waals surface area contributed by atoms with Crippen LogP contribution in [0.5, 0.6) is 0 Å². The molecule has 0 amide bonds. The molecule has 0 bridgehead atoms. The highest BCUT2D eigenvalue weighted by molar-refractivity contribution is 5.89. The quantitative estimate of drug-likeness (QED) is 0.780. The summed E-state index contributed by atoms with van der Waals surface area (Å²) in [5.74, 6) is -0.343. The van der Waals surface area contributed by atoms with Gasteiger partial charge >= 0.3 is 5.97 Å². The summed E-state index contributed by atoms with van der Waals surface area (Å²) in [6.07, 6.45) is 4.02. The van der Waals surface area contributed by atoms with E-state index in [0.717, 1.165) is 25.7 Å². The second kappa shape index (κ2) is 5.80. The molecule has 92 valence electrons. The third-order valence-corrected chi connectivity index (χ3v) is 3.04. The standard InChI is InChI=1S/C13H18N2O2/c14-11-7-4-8-12(9-11)15-17-13(16)10-5-2-1-3-6-10/h1-3,5-6,11-12,15H,4,7-9,14H2/t11-,12+/m0/s1. The third kappa shape index (κ3) is 3.54. The molecule has 17 heavy (non-hydrogen) atoms. The van der Waals surface area contributed by atoms with Crippen LogP contribution in [0.3, 0.4) is 0 Å². The Morgan fingerprint density at radius 1 is 1.29 bits per heavy atom. The van der Waals surface area contributed by atoms with Crippen molar-refractivity contribution in [2.45, 2.75) is 37.8 Å². The predicted octanol–water partition coefficient (Wildman–Crippen LogP) is 1.62. The van der Waals surface area contributed by atoms with E-state index in [2.05, 4.69) is 5.48 Å². The van der Waals surface area contributed by atoms with Gasteiger partial charge in [0.2, 0.25) is 0 Å². The van der Waals surface area contributed by atoms with Crippen molar-refractivity contribution in [2.75, 3.05) is 0 Å². The molecular formula is C13H18N2O2. The van der Waals surface area contributed by atoms with Crippen molar-refractivity contribution >= 4 is 5.97 Å². The Morgan fingerprint density at radius 2 is 2.06 bits per heavy atom. The van der Waals surface area contributed by atoms with E-state index in [0.29, 0.717) is 5.56 Å². The topological polar surface area (TPSA) is 64.3 Å². The normalized spacial score (nSPS) is 24.3. The van der Waals surface area contributed by atoms with Crippen molar-refractivity contribution in [2.24, 2.45) is 5.73 Å². The Kier molecular flexibility index (Phi) is 4.12. The summed E-state index contributed by atoms with van der Waals surface area (Å²) in [5, 5.41) is 0. The van der Waals surface area contributed by atoms with Gasteiger partial charge in [0.15, 0.2) is 0 Å². The third-order valence-electron chi connectivity index (χ3n) is 3.04. The zero-order valence-corrected chi connectivity index (χ0v) is 9.76. The van der Waals surface area contributed by atoms with Gasteiger partial charge in [-0.05, 0) is 31.4 Å². The summed E-state index contributed by atoms with van der Waals surface area (Å²) in [4.78, 5) is 16.7. The first-order chi connectivity index (χ1) is 8.25. The van der Waals surface area contributed by atoms with E-state index in [4.69, 9.17) is 10.6 Å². The van der Waals surface area contributed by atoms with Crippen LogP contribution < -0.4 is 11.2 Å². The molecule has 1 aliphatic carbocycles. The first-order valence-electron chi connectivity index (χ1n) is 6.03. The van der Waals surface area contributed by atoms with Crippen molar-refractivity contribution in [3.63, 3.8) is 0 Å². The van der Waals surface area contributed by atoms with Crippen LogP contribution in [0.2, 0.25) is 0 Å². The van der Waals surface area contributed by atoms with E-state index < -0.39 is 0 Å². The average molecular weight is 234 g/mol. The second-order valence-corrected chi connectivity index (χ2v) is 4.50.